The zero-order chi connectivity index (χ0) is 25.2. The van der Waals surface area contributed by atoms with Crippen molar-refractivity contribution in [3.05, 3.63) is 12.2 Å². The highest BCUT2D eigenvalue weighted by molar-refractivity contribution is 7.86. The number of carbonyl (C=O) groups excluding carboxylic acids is 2. The SMILES string of the molecule is C=C(C(=O)OC(OCC(F)(F)S(=O)(=O)[O-])(C(=O)N(CC)C(C)C)C(F)(F)F)C(F)(F)F. The molecular formula is C14H16F8NO7S-. The zero-order valence-electron chi connectivity index (χ0n) is 15.9. The van der Waals surface area contributed by atoms with Gasteiger partial charge in [-0.1, -0.05) is 6.58 Å². The molecule has 0 bridgehead atoms. The van der Waals surface area contributed by atoms with Crippen LogP contribution in [0.25, 0.3) is 0 Å². The van der Waals surface area contributed by atoms with Crippen molar-refractivity contribution in [3.8, 4) is 0 Å². The molecule has 0 aromatic rings. The third-order valence-electron chi connectivity index (χ3n) is 3.51. The van der Waals surface area contributed by atoms with Gasteiger partial charge in [0.1, 0.15) is 12.2 Å². The molecule has 0 aromatic heterocycles. The van der Waals surface area contributed by atoms with Crippen LogP contribution in [-0.4, -0.2) is 72.3 Å². The molecule has 0 fully saturated rings. The molecule has 0 aliphatic heterocycles. The van der Waals surface area contributed by atoms with E-state index in [-0.39, 0.29) is 4.90 Å². The van der Waals surface area contributed by atoms with Crippen molar-refractivity contribution in [1.29, 1.82) is 0 Å². The summed E-state index contributed by atoms with van der Waals surface area (Å²) in [4.78, 5) is 24.3. The van der Waals surface area contributed by atoms with Gasteiger partial charge in [-0.3, -0.25) is 4.79 Å². The van der Waals surface area contributed by atoms with E-state index in [2.05, 4.69) is 16.1 Å². The summed E-state index contributed by atoms with van der Waals surface area (Å²) in [5, 5.41) is -5.58. The second-order valence-corrected chi connectivity index (χ2v) is 7.55. The molecule has 0 aromatic carbocycles. The van der Waals surface area contributed by atoms with Crippen LogP contribution in [0.15, 0.2) is 12.2 Å². The first-order valence-electron chi connectivity index (χ1n) is 7.89. The molecule has 0 rings (SSSR count). The van der Waals surface area contributed by atoms with Crippen LogP contribution in [-0.2, 0) is 29.2 Å². The molecule has 0 radical (unpaired) electrons. The van der Waals surface area contributed by atoms with Gasteiger partial charge in [-0.05, 0) is 20.8 Å². The molecule has 0 spiro atoms. The highest BCUT2D eigenvalue weighted by Crippen LogP contribution is 2.40. The topological polar surface area (TPSA) is 113 Å². The number of carbonyl (C=O) groups is 2. The van der Waals surface area contributed by atoms with Gasteiger partial charge < -0.3 is 18.9 Å². The summed E-state index contributed by atoms with van der Waals surface area (Å²) in [5.74, 6) is -10.5. The van der Waals surface area contributed by atoms with Gasteiger partial charge in [-0.25, -0.2) is 13.2 Å². The molecule has 0 saturated carbocycles. The highest BCUT2D eigenvalue weighted by atomic mass is 32.2. The highest BCUT2D eigenvalue weighted by Gasteiger charge is 2.69. The Balaban J connectivity index is 6.66. The fourth-order valence-corrected chi connectivity index (χ4v) is 2.10. The van der Waals surface area contributed by atoms with Crippen molar-refractivity contribution in [2.24, 2.45) is 0 Å². The number of alkyl halides is 8. The van der Waals surface area contributed by atoms with E-state index in [4.69, 9.17) is 0 Å². The number of nitrogens with zero attached hydrogens (tertiary/aromatic N) is 1. The molecular weight excluding hydrogens is 478 g/mol. The number of halogens is 8. The van der Waals surface area contributed by atoms with Crippen LogP contribution < -0.4 is 0 Å². The van der Waals surface area contributed by atoms with Crippen LogP contribution in [0.2, 0.25) is 0 Å². The number of esters is 1. The average molecular weight is 494 g/mol. The molecule has 1 amide bonds. The van der Waals surface area contributed by atoms with Gasteiger partial charge in [0.2, 0.25) is 0 Å². The molecule has 0 aliphatic carbocycles. The lowest BCUT2D eigenvalue weighted by atomic mass is 10.1. The van der Waals surface area contributed by atoms with E-state index in [1.165, 1.54) is 0 Å². The number of ether oxygens (including phenoxy) is 2. The van der Waals surface area contributed by atoms with Crippen molar-refractivity contribution >= 4 is 22.0 Å². The molecule has 1 unspecified atom stereocenters. The Morgan fingerprint density at radius 2 is 1.52 bits per heavy atom. The van der Waals surface area contributed by atoms with E-state index in [1.807, 2.05) is 0 Å². The first-order chi connectivity index (χ1) is 13.5. The van der Waals surface area contributed by atoms with Crippen molar-refractivity contribution in [3.63, 3.8) is 0 Å². The lowest BCUT2D eigenvalue weighted by Gasteiger charge is -2.39. The number of hydrogen-bond donors (Lipinski definition) is 0. The third kappa shape index (κ3) is 6.49. The van der Waals surface area contributed by atoms with E-state index in [9.17, 15) is 57.7 Å². The molecule has 0 heterocycles. The summed E-state index contributed by atoms with van der Waals surface area (Å²) < 4.78 is 145. The maximum atomic E-state index is 13.7. The lowest BCUT2D eigenvalue weighted by Crippen LogP contribution is -2.64. The quantitative estimate of drug-likeness (QED) is 0.159. The zero-order valence-corrected chi connectivity index (χ0v) is 16.8. The van der Waals surface area contributed by atoms with Gasteiger partial charge in [-0.15, -0.1) is 0 Å². The predicted octanol–water partition coefficient (Wildman–Crippen LogP) is 2.32. The van der Waals surface area contributed by atoms with Gasteiger partial charge in [0.05, 0.1) is 0 Å². The summed E-state index contributed by atoms with van der Waals surface area (Å²) in [6.07, 6.45) is -12.0. The molecule has 31 heavy (non-hydrogen) atoms. The van der Waals surface area contributed by atoms with Crippen molar-refractivity contribution in [2.75, 3.05) is 13.2 Å². The third-order valence-corrected chi connectivity index (χ3v) is 4.36. The lowest BCUT2D eigenvalue weighted by molar-refractivity contribution is -0.356. The summed E-state index contributed by atoms with van der Waals surface area (Å²) in [6.45, 7) is 1.86. The van der Waals surface area contributed by atoms with Gasteiger partial charge in [-0.2, -0.15) is 35.1 Å². The van der Waals surface area contributed by atoms with Crippen molar-refractivity contribution in [1.82, 2.24) is 4.90 Å². The molecule has 0 aliphatic rings. The largest absolute Gasteiger partial charge is 0.743 e. The number of hydrogen-bond acceptors (Lipinski definition) is 7. The molecule has 0 saturated heterocycles. The van der Waals surface area contributed by atoms with Crippen LogP contribution in [0.3, 0.4) is 0 Å². The minimum atomic E-state index is -6.64. The smallest absolute Gasteiger partial charge is 0.466 e. The Hall–Kier alpha value is -2.01. The van der Waals surface area contributed by atoms with Crippen molar-refractivity contribution < 1.29 is 67.2 Å². The Morgan fingerprint density at radius 3 is 1.81 bits per heavy atom. The Labute approximate surface area is 170 Å². The second kappa shape index (κ2) is 9.23. The van der Waals surface area contributed by atoms with Crippen LogP contribution in [0.5, 0.6) is 0 Å². The van der Waals surface area contributed by atoms with Gasteiger partial charge in [0.15, 0.2) is 10.1 Å². The normalized spacial score (nSPS) is 15.4. The fourth-order valence-electron chi connectivity index (χ4n) is 1.89. The monoisotopic (exact) mass is 494 g/mol. The van der Waals surface area contributed by atoms with E-state index in [0.29, 0.717) is 0 Å². The van der Waals surface area contributed by atoms with Crippen LogP contribution in [0, 0.1) is 0 Å². The molecule has 182 valence electrons. The minimum absolute atomic E-state index is 0.223. The van der Waals surface area contributed by atoms with Crippen LogP contribution in [0.4, 0.5) is 35.1 Å². The summed E-state index contributed by atoms with van der Waals surface area (Å²) in [6, 6.07) is -1.16. The Kier molecular flexibility index (Phi) is 8.64. The Morgan fingerprint density at radius 1 is 1.06 bits per heavy atom. The summed E-state index contributed by atoms with van der Waals surface area (Å²) in [5.41, 5.74) is -2.56. The number of amides is 1. The number of rotatable bonds is 9. The van der Waals surface area contributed by atoms with E-state index in [1.54, 1.807) is 0 Å². The van der Waals surface area contributed by atoms with E-state index in [0.717, 1.165) is 20.8 Å². The van der Waals surface area contributed by atoms with Gasteiger partial charge in [0, 0.05) is 12.6 Å². The first-order valence-corrected chi connectivity index (χ1v) is 9.30. The molecule has 17 heteroatoms. The maximum absolute atomic E-state index is 13.7. The Bertz CT molecular complexity index is 806. The first kappa shape index (κ1) is 29.0. The standard InChI is InChI=1S/C14H17F8NO7S/c1-5-23(7(2)3)10(25)12(14(20,21)22,29-6-11(15,16)31(26,27)28)30-9(24)8(4)13(17,18)19/h7H,4-6H2,1-3H3,(H,26,27,28)/p-1. The second-order valence-electron chi connectivity index (χ2n) is 6.05. The van der Waals surface area contributed by atoms with Crippen LogP contribution in [0.1, 0.15) is 20.8 Å². The minimum Gasteiger partial charge on any atom is -0.743 e. The summed E-state index contributed by atoms with van der Waals surface area (Å²) in [7, 11) is -6.64. The molecule has 0 N–H and O–H groups in total. The fraction of sp³-hybridized carbons (Fsp3) is 0.714. The van der Waals surface area contributed by atoms with Gasteiger partial charge >= 0.3 is 35.3 Å². The average Bonchev–Trinajstić information content (AvgIpc) is 2.54. The van der Waals surface area contributed by atoms with Crippen molar-refractivity contribution in [2.45, 2.75) is 50.2 Å². The maximum Gasteiger partial charge on any atom is 0.466 e. The van der Waals surface area contributed by atoms with Gasteiger partial charge in [0.25, 0.3) is 0 Å². The summed E-state index contributed by atoms with van der Waals surface area (Å²) >= 11 is 0. The van der Waals surface area contributed by atoms with E-state index < -0.39 is 70.2 Å². The number of likely N-dealkylation sites (N-methyl/N-ethyl adjacent to an activating group) is 1. The predicted molar refractivity (Wildman–Crippen MR) is 83.2 cm³/mol. The molecule has 1 atom stereocenters. The van der Waals surface area contributed by atoms with Crippen LogP contribution >= 0.6 is 0 Å². The van der Waals surface area contributed by atoms with E-state index >= 15 is 0 Å². The molecule has 8 nitrogen and oxygen atoms in total.